The molecular formula is C18H21N3O4S. The summed E-state index contributed by atoms with van der Waals surface area (Å²) in [5.74, 6) is -0.160. The SMILES string of the molecule is COCCNc1ccc(C(=O)N2CCCC2c2cccs2)cc1[N+](=O)[O-]. The fourth-order valence-electron chi connectivity index (χ4n) is 3.21. The molecule has 1 unspecified atom stereocenters. The Balaban J connectivity index is 1.82. The summed E-state index contributed by atoms with van der Waals surface area (Å²) < 4.78 is 4.95. The molecule has 0 spiro atoms. The van der Waals surface area contributed by atoms with Crippen LogP contribution in [0.4, 0.5) is 11.4 Å². The Hall–Kier alpha value is -2.45. The molecule has 1 aromatic carbocycles. The lowest BCUT2D eigenvalue weighted by Gasteiger charge is -2.24. The molecule has 1 atom stereocenters. The van der Waals surface area contributed by atoms with Gasteiger partial charge in [0.05, 0.1) is 17.6 Å². The summed E-state index contributed by atoms with van der Waals surface area (Å²) in [5.41, 5.74) is 0.635. The second kappa shape index (κ2) is 8.29. The number of nitro groups is 1. The number of thiophene rings is 1. The molecule has 0 bridgehead atoms. The fraction of sp³-hybridized carbons (Fsp3) is 0.389. The van der Waals surface area contributed by atoms with Crippen LogP contribution in [0.15, 0.2) is 35.7 Å². The number of carbonyl (C=O) groups excluding carboxylic acids is 1. The zero-order valence-corrected chi connectivity index (χ0v) is 15.3. The van der Waals surface area contributed by atoms with Crippen molar-refractivity contribution in [3.05, 3.63) is 56.3 Å². The van der Waals surface area contributed by atoms with Crippen LogP contribution >= 0.6 is 11.3 Å². The van der Waals surface area contributed by atoms with Gasteiger partial charge >= 0.3 is 0 Å². The fourth-order valence-corrected chi connectivity index (χ4v) is 4.08. The highest BCUT2D eigenvalue weighted by atomic mass is 32.1. The van der Waals surface area contributed by atoms with E-state index in [0.29, 0.717) is 30.9 Å². The summed E-state index contributed by atoms with van der Waals surface area (Å²) in [4.78, 5) is 26.9. The van der Waals surface area contributed by atoms with Crippen molar-refractivity contribution in [1.82, 2.24) is 4.90 Å². The first-order chi connectivity index (χ1) is 12.6. The minimum Gasteiger partial charge on any atom is -0.383 e. The lowest BCUT2D eigenvalue weighted by atomic mass is 10.1. The van der Waals surface area contributed by atoms with E-state index in [1.165, 1.54) is 6.07 Å². The van der Waals surface area contributed by atoms with E-state index in [0.717, 1.165) is 17.7 Å². The summed E-state index contributed by atoms with van der Waals surface area (Å²) in [5, 5.41) is 16.4. The van der Waals surface area contributed by atoms with Gasteiger partial charge in [-0.25, -0.2) is 0 Å². The maximum absolute atomic E-state index is 13.0. The van der Waals surface area contributed by atoms with E-state index in [2.05, 4.69) is 5.32 Å². The Morgan fingerprint density at radius 1 is 1.46 bits per heavy atom. The van der Waals surface area contributed by atoms with E-state index in [-0.39, 0.29) is 17.6 Å². The van der Waals surface area contributed by atoms with Gasteiger partial charge < -0.3 is 15.0 Å². The first kappa shape index (κ1) is 18.3. The number of benzene rings is 1. The molecule has 0 aliphatic carbocycles. The number of carbonyl (C=O) groups is 1. The highest BCUT2D eigenvalue weighted by Gasteiger charge is 2.32. The molecular weight excluding hydrogens is 354 g/mol. The molecule has 7 nitrogen and oxygen atoms in total. The van der Waals surface area contributed by atoms with Gasteiger partial charge in [0, 0.05) is 36.7 Å². The van der Waals surface area contributed by atoms with Crippen LogP contribution < -0.4 is 5.32 Å². The molecule has 2 aromatic rings. The summed E-state index contributed by atoms with van der Waals surface area (Å²) in [6.07, 6.45) is 1.86. The maximum Gasteiger partial charge on any atom is 0.293 e. The van der Waals surface area contributed by atoms with Gasteiger partial charge in [0.2, 0.25) is 0 Å². The molecule has 1 saturated heterocycles. The maximum atomic E-state index is 13.0. The van der Waals surface area contributed by atoms with Crippen molar-refractivity contribution in [1.29, 1.82) is 0 Å². The Morgan fingerprint density at radius 2 is 2.31 bits per heavy atom. The third kappa shape index (κ3) is 3.86. The van der Waals surface area contributed by atoms with E-state index < -0.39 is 4.92 Å². The zero-order chi connectivity index (χ0) is 18.5. The lowest BCUT2D eigenvalue weighted by Crippen LogP contribution is -2.30. The summed E-state index contributed by atoms with van der Waals surface area (Å²) in [7, 11) is 1.57. The number of ether oxygens (including phenoxy) is 1. The van der Waals surface area contributed by atoms with Crippen LogP contribution in [0, 0.1) is 10.1 Å². The van der Waals surface area contributed by atoms with Crippen LogP contribution in [0.3, 0.4) is 0 Å². The summed E-state index contributed by atoms with van der Waals surface area (Å²) in [6, 6.07) is 8.67. The van der Waals surface area contributed by atoms with Crippen molar-refractivity contribution in [3.8, 4) is 0 Å². The molecule has 8 heteroatoms. The predicted octanol–water partition coefficient (Wildman–Crippen LogP) is 3.69. The third-order valence-electron chi connectivity index (χ3n) is 4.45. The van der Waals surface area contributed by atoms with Crippen molar-refractivity contribution in [3.63, 3.8) is 0 Å². The van der Waals surface area contributed by atoms with E-state index in [4.69, 9.17) is 4.74 Å². The second-order valence-corrected chi connectivity index (χ2v) is 7.06. The monoisotopic (exact) mass is 375 g/mol. The van der Waals surface area contributed by atoms with E-state index >= 15 is 0 Å². The number of likely N-dealkylation sites (tertiary alicyclic amines) is 1. The van der Waals surface area contributed by atoms with Crippen LogP contribution in [0.25, 0.3) is 0 Å². The average Bonchev–Trinajstić information content (AvgIpc) is 3.32. The standard InChI is InChI=1S/C18H21N3O4S/c1-25-10-8-19-14-7-6-13(12-16(14)21(23)24)18(22)20-9-2-4-15(20)17-5-3-11-26-17/h3,5-7,11-12,15,19H,2,4,8-10H2,1H3. The average molecular weight is 375 g/mol. The van der Waals surface area contributed by atoms with Gasteiger partial charge in [-0.05, 0) is 36.4 Å². The number of nitrogens with zero attached hydrogens (tertiary/aromatic N) is 2. The summed E-state index contributed by atoms with van der Waals surface area (Å²) >= 11 is 1.63. The lowest BCUT2D eigenvalue weighted by molar-refractivity contribution is -0.384. The van der Waals surface area contributed by atoms with Crippen molar-refractivity contribution in [2.24, 2.45) is 0 Å². The molecule has 1 N–H and O–H groups in total. The normalized spacial score (nSPS) is 16.7. The molecule has 0 saturated carbocycles. The first-order valence-electron chi connectivity index (χ1n) is 8.47. The van der Waals surface area contributed by atoms with Gasteiger partial charge in [-0.3, -0.25) is 14.9 Å². The van der Waals surface area contributed by atoms with Crippen molar-refractivity contribution >= 4 is 28.6 Å². The molecule has 1 aliphatic heterocycles. The number of nitro benzene ring substituents is 1. The minimum absolute atomic E-state index is 0.0565. The number of rotatable bonds is 7. The quantitative estimate of drug-likeness (QED) is 0.453. The minimum atomic E-state index is -0.466. The van der Waals surface area contributed by atoms with Crippen LogP contribution in [0.1, 0.15) is 34.1 Å². The van der Waals surface area contributed by atoms with Gasteiger partial charge in [-0.1, -0.05) is 6.07 Å². The molecule has 1 aromatic heterocycles. The van der Waals surface area contributed by atoms with Crippen LogP contribution in [0.5, 0.6) is 0 Å². The number of hydrogen-bond donors (Lipinski definition) is 1. The molecule has 26 heavy (non-hydrogen) atoms. The van der Waals surface area contributed by atoms with E-state index in [1.54, 1.807) is 30.6 Å². The summed E-state index contributed by atoms with van der Waals surface area (Å²) in [6.45, 7) is 1.56. The predicted molar refractivity (Wildman–Crippen MR) is 101 cm³/mol. The van der Waals surface area contributed by atoms with Gasteiger partial charge in [0.25, 0.3) is 11.6 Å². The first-order valence-corrected chi connectivity index (χ1v) is 9.35. The van der Waals surface area contributed by atoms with E-state index in [9.17, 15) is 14.9 Å². The number of amides is 1. The van der Waals surface area contributed by atoms with Crippen molar-refractivity contribution in [2.75, 3.05) is 32.1 Å². The Kier molecular flexibility index (Phi) is 5.85. The topological polar surface area (TPSA) is 84.7 Å². The number of methoxy groups -OCH3 is 1. The highest BCUT2D eigenvalue weighted by molar-refractivity contribution is 7.10. The smallest absolute Gasteiger partial charge is 0.293 e. The van der Waals surface area contributed by atoms with E-state index in [1.807, 2.05) is 22.4 Å². The Labute approximate surface area is 155 Å². The molecule has 138 valence electrons. The van der Waals surface area contributed by atoms with Crippen LogP contribution in [-0.2, 0) is 4.74 Å². The molecule has 1 amide bonds. The zero-order valence-electron chi connectivity index (χ0n) is 14.5. The third-order valence-corrected chi connectivity index (χ3v) is 5.42. The number of hydrogen-bond acceptors (Lipinski definition) is 6. The molecule has 3 rings (SSSR count). The van der Waals surface area contributed by atoms with Gasteiger partial charge in [0.15, 0.2) is 0 Å². The molecule has 0 radical (unpaired) electrons. The molecule has 1 aliphatic rings. The van der Waals surface area contributed by atoms with Crippen molar-refractivity contribution < 1.29 is 14.5 Å². The highest BCUT2D eigenvalue weighted by Crippen LogP contribution is 2.36. The second-order valence-electron chi connectivity index (χ2n) is 6.08. The number of nitrogens with one attached hydrogen (secondary N) is 1. The van der Waals surface area contributed by atoms with Gasteiger partial charge in [0.1, 0.15) is 5.69 Å². The molecule has 2 heterocycles. The largest absolute Gasteiger partial charge is 0.383 e. The van der Waals surface area contributed by atoms with Crippen LogP contribution in [-0.4, -0.2) is 42.5 Å². The van der Waals surface area contributed by atoms with Gasteiger partial charge in [-0.15, -0.1) is 11.3 Å². The Bertz CT molecular complexity index is 779. The van der Waals surface area contributed by atoms with Gasteiger partial charge in [-0.2, -0.15) is 0 Å². The molecule has 1 fully saturated rings. The van der Waals surface area contributed by atoms with Crippen molar-refractivity contribution in [2.45, 2.75) is 18.9 Å². The Morgan fingerprint density at radius 3 is 3.00 bits per heavy atom. The van der Waals surface area contributed by atoms with Crippen LogP contribution in [0.2, 0.25) is 0 Å². The number of anilines is 1.